The van der Waals surface area contributed by atoms with Crippen LogP contribution in [0.4, 0.5) is 11.4 Å². The van der Waals surface area contributed by atoms with Crippen molar-refractivity contribution in [2.24, 2.45) is 5.92 Å². The maximum absolute atomic E-state index is 14.2. The molecule has 3 saturated heterocycles. The van der Waals surface area contributed by atoms with Gasteiger partial charge in [-0.3, -0.25) is 29.3 Å². The molecule has 338 valence electrons. The Morgan fingerprint density at radius 1 is 0.908 bits per heavy atom. The van der Waals surface area contributed by atoms with Crippen LogP contribution in [0.2, 0.25) is 5.02 Å². The van der Waals surface area contributed by atoms with Crippen LogP contribution in [0.3, 0.4) is 0 Å². The molecule has 14 nitrogen and oxygen atoms in total. The summed E-state index contributed by atoms with van der Waals surface area (Å²) < 4.78 is 13.6. The molecule has 4 aliphatic rings. The molecule has 65 heavy (non-hydrogen) atoms. The van der Waals surface area contributed by atoms with E-state index in [0.29, 0.717) is 54.1 Å². The van der Waals surface area contributed by atoms with E-state index in [-0.39, 0.29) is 67.8 Å². The third-order valence-electron chi connectivity index (χ3n) is 13.1. The predicted molar refractivity (Wildman–Crippen MR) is 251 cm³/mol. The number of likely N-dealkylation sites (tertiary alicyclic amines) is 1. The number of aromatic nitrogens is 1. The molecule has 4 aromatic carbocycles. The van der Waals surface area contributed by atoms with Crippen LogP contribution in [0, 0.1) is 5.92 Å². The monoisotopic (exact) mass is 917 g/mol. The van der Waals surface area contributed by atoms with E-state index in [2.05, 4.69) is 38.3 Å². The molecule has 0 saturated carbocycles. The Morgan fingerprint density at radius 3 is 2.49 bits per heavy atom. The summed E-state index contributed by atoms with van der Waals surface area (Å²) in [5.41, 5.74) is 3.66. The van der Waals surface area contributed by atoms with Gasteiger partial charge in [0.05, 0.1) is 32.6 Å². The molecule has 0 spiro atoms. The summed E-state index contributed by atoms with van der Waals surface area (Å²) in [7, 11) is 1.58. The second kappa shape index (κ2) is 19.2. The number of thiazole rings is 1. The summed E-state index contributed by atoms with van der Waals surface area (Å²) in [5, 5.41) is 13.1. The summed E-state index contributed by atoms with van der Waals surface area (Å²) in [6, 6.07) is 26.8. The first-order valence-electron chi connectivity index (χ1n) is 22.4. The van der Waals surface area contributed by atoms with Crippen LogP contribution < -0.4 is 35.6 Å². The van der Waals surface area contributed by atoms with Crippen molar-refractivity contribution in [3.05, 3.63) is 101 Å². The molecule has 2 atom stereocenters. The zero-order valence-corrected chi connectivity index (χ0v) is 37.8. The van der Waals surface area contributed by atoms with Crippen molar-refractivity contribution < 1.29 is 33.4 Å². The molecule has 0 bridgehead atoms. The Kier molecular flexibility index (Phi) is 13.1. The summed E-state index contributed by atoms with van der Waals surface area (Å²) in [6.45, 7) is 4.34. The van der Waals surface area contributed by atoms with Crippen LogP contribution in [0.5, 0.6) is 11.5 Å². The fraction of sp³-hybridized carbons (Fsp3) is 0.388. The Hall–Kier alpha value is -6.03. The molecule has 5 heterocycles. The summed E-state index contributed by atoms with van der Waals surface area (Å²) >= 11 is 7.93. The highest BCUT2D eigenvalue weighted by Gasteiger charge is 2.46. The highest BCUT2D eigenvalue weighted by molar-refractivity contribution is 7.22. The summed E-state index contributed by atoms with van der Waals surface area (Å²) in [6.07, 6.45) is 3.52. The average Bonchev–Trinajstić information content (AvgIpc) is 3.77. The quantitative estimate of drug-likeness (QED) is 0.0743. The minimum Gasteiger partial charge on any atom is -0.492 e. The molecule has 1 unspecified atom stereocenters. The Labute approximate surface area is 386 Å². The van der Waals surface area contributed by atoms with Gasteiger partial charge in [0.2, 0.25) is 23.6 Å². The normalized spacial score (nSPS) is 19.9. The number of amides is 5. The summed E-state index contributed by atoms with van der Waals surface area (Å²) in [4.78, 5) is 73.8. The lowest BCUT2D eigenvalue weighted by Crippen LogP contribution is -2.58. The number of hydrogen-bond donors (Lipinski definition) is 4. The van der Waals surface area contributed by atoms with Gasteiger partial charge in [0.1, 0.15) is 23.1 Å². The van der Waals surface area contributed by atoms with E-state index in [1.807, 2.05) is 66.7 Å². The smallest absolute Gasteiger partial charge is 0.264 e. The van der Waals surface area contributed by atoms with Gasteiger partial charge in [-0.2, -0.15) is 0 Å². The fourth-order valence-electron chi connectivity index (χ4n) is 9.53. The Morgan fingerprint density at radius 2 is 1.71 bits per heavy atom. The number of benzene rings is 4. The summed E-state index contributed by atoms with van der Waals surface area (Å²) in [5.74, 6) is -0.411. The molecule has 4 N–H and O–H groups in total. The number of fused-ring (bicyclic) bond motifs is 2. The first-order valence-corrected chi connectivity index (χ1v) is 23.6. The zero-order chi connectivity index (χ0) is 45.1. The van der Waals surface area contributed by atoms with Gasteiger partial charge in [0.25, 0.3) is 5.91 Å². The average molecular weight is 919 g/mol. The Balaban J connectivity index is 0.761. The molecular weight excluding hydrogens is 866 g/mol. The largest absolute Gasteiger partial charge is 0.492 e. The van der Waals surface area contributed by atoms with Crippen LogP contribution in [0.15, 0.2) is 84.9 Å². The van der Waals surface area contributed by atoms with E-state index < -0.39 is 11.5 Å². The molecule has 16 heteroatoms. The Bertz CT molecular complexity index is 2620. The second-order valence-corrected chi connectivity index (χ2v) is 18.6. The van der Waals surface area contributed by atoms with Gasteiger partial charge in [0.15, 0.2) is 5.60 Å². The van der Waals surface area contributed by atoms with E-state index in [1.165, 1.54) is 11.3 Å². The minimum atomic E-state index is -1.23. The van der Waals surface area contributed by atoms with Gasteiger partial charge in [-0.1, -0.05) is 48.0 Å². The van der Waals surface area contributed by atoms with E-state index in [0.717, 1.165) is 70.1 Å². The van der Waals surface area contributed by atoms with E-state index in [1.54, 1.807) is 18.0 Å². The van der Waals surface area contributed by atoms with Crippen molar-refractivity contribution in [2.75, 3.05) is 63.1 Å². The third kappa shape index (κ3) is 9.54. The number of piperidine rings is 3. The molecule has 5 amide bonds. The van der Waals surface area contributed by atoms with Crippen LogP contribution in [0.25, 0.3) is 20.8 Å². The number of ether oxygens (including phenoxy) is 2. The number of carbonyl (C=O) groups is 5. The maximum Gasteiger partial charge on any atom is 0.264 e. The van der Waals surface area contributed by atoms with Crippen molar-refractivity contribution in [3.63, 3.8) is 0 Å². The highest BCUT2D eigenvalue weighted by atomic mass is 35.5. The van der Waals surface area contributed by atoms with Crippen molar-refractivity contribution in [1.29, 1.82) is 0 Å². The molecule has 3 fully saturated rings. The number of nitrogens with zero attached hydrogens (tertiary/aromatic N) is 3. The van der Waals surface area contributed by atoms with Gasteiger partial charge >= 0.3 is 0 Å². The number of para-hydroxylation sites is 1. The number of likely N-dealkylation sites (N-methyl/N-ethyl adjacent to an activating group) is 1. The van der Waals surface area contributed by atoms with Crippen molar-refractivity contribution in [1.82, 2.24) is 25.8 Å². The maximum atomic E-state index is 14.2. The first kappa shape index (κ1) is 44.2. The van der Waals surface area contributed by atoms with Gasteiger partial charge in [0, 0.05) is 82.9 Å². The number of anilines is 2. The molecule has 0 aliphatic carbocycles. The number of halogens is 1. The van der Waals surface area contributed by atoms with Gasteiger partial charge in [-0.05, 0) is 85.3 Å². The van der Waals surface area contributed by atoms with E-state index in [4.69, 9.17) is 26.1 Å². The van der Waals surface area contributed by atoms with E-state index in [9.17, 15) is 24.0 Å². The zero-order valence-electron chi connectivity index (χ0n) is 36.2. The fourth-order valence-corrected chi connectivity index (χ4v) is 10.8. The van der Waals surface area contributed by atoms with Crippen LogP contribution in [-0.2, 0) is 24.0 Å². The lowest BCUT2D eigenvalue weighted by molar-refractivity contribution is -0.147. The number of hydrogen-bond acceptors (Lipinski definition) is 11. The molecule has 5 aromatic rings. The number of imide groups is 1. The van der Waals surface area contributed by atoms with Gasteiger partial charge in [-0.25, -0.2) is 4.98 Å². The van der Waals surface area contributed by atoms with E-state index >= 15 is 0 Å². The molecule has 1 aromatic heterocycles. The standard InChI is InChI=1S/C49H52ClN7O7S/c1-51-48(62)49(64-41-11-3-2-8-36(41)46-54-39-10-5-9-38(50)44(39)65-46)18-23-57(24-19-49)47(61)37-28-43(59)53-40-27-33(12-13-35(37)40)63-25-20-52-29-30-16-21-56(22-17-30)32-7-4-6-31(26-32)34-14-15-42(58)55-45(34)60/h2-13,26-27,30,34,37,52H,14-25,28-29H2,1H3,(H,51,62)(H,53,59)(H,55,58,60)/t34?,37-/m0/s1. The van der Waals surface area contributed by atoms with Crippen molar-refractivity contribution in [3.8, 4) is 22.1 Å². The molecule has 0 radical (unpaired) electrons. The molecule has 4 aliphatic heterocycles. The van der Waals surface area contributed by atoms with Crippen LogP contribution in [0.1, 0.15) is 67.9 Å². The molecule has 9 rings (SSSR count). The predicted octanol–water partition coefficient (Wildman–Crippen LogP) is 6.63. The highest BCUT2D eigenvalue weighted by Crippen LogP contribution is 2.42. The van der Waals surface area contributed by atoms with Gasteiger partial charge < -0.3 is 35.2 Å². The van der Waals surface area contributed by atoms with Crippen molar-refractivity contribution in [2.45, 2.75) is 62.4 Å². The topological polar surface area (TPSA) is 171 Å². The molecular formula is C49H52ClN7O7S. The third-order valence-corrected chi connectivity index (χ3v) is 14.7. The lowest BCUT2D eigenvalue weighted by atomic mass is 9.86. The first-order chi connectivity index (χ1) is 31.6. The number of nitrogens with one attached hydrogen (secondary N) is 4. The number of rotatable bonds is 13. The SMILES string of the molecule is CNC(=O)C1(Oc2ccccc2-c2nc3cccc(Cl)c3s2)CCN(C(=O)[C@H]2CC(=O)Nc3cc(OCCNCC4CCN(c5cccc(C6CCC(=O)NC6=O)c5)CC4)ccc32)CC1. The number of carbonyl (C=O) groups excluding carboxylic acids is 5. The van der Waals surface area contributed by atoms with Crippen LogP contribution >= 0.6 is 22.9 Å². The van der Waals surface area contributed by atoms with Crippen LogP contribution in [-0.4, -0.2) is 97.9 Å². The van der Waals surface area contributed by atoms with Gasteiger partial charge in [-0.15, -0.1) is 11.3 Å². The minimum absolute atomic E-state index is 0.0246. The second-order valence-electron chi connectivity index (χ2n) is 17.2. The van der Waals surface area contributed by atoms with Crippen molar-refractivity contribution >= 4 is 74.1 Å². The lowest BCUT2D eigenvalue weighted by Gasteiger charge is -2.42.